The summed E-state index contributed by atoms with van der Waals surface area (Å²) in [6, 6.07) is 25.4. The lowest BCUT2D eigenvalue weighted by atomic mass is 9.88. The number of benzene rings is 2. The second-order valence-electron chi connectivity index (χ2n) is 12.5. The molecule has 0 aliphatic heterocycles. The Morgan fingerprint density at radius 2 is 0.788 bits per heavy atom. The molecule has 0 spiro atoms. The molecule has 0 amide bonds. The Labute approximate surface area is 204 Å². The van der Waals surface area contributed by atoms with Crippen LogP contribution >= 0.6 is 0 Å². The van der Waals surface area contributed by atoms with Crippen LogP contribution in [0.25, 0.3) is 0 Å². The molecule has 2 aromatic carbocycles. The molecular weight excluding hydrogens is 398 g/mol. The van der Waals surface area contributed by atoms with Gasteiger partial charge in [0.25, 0.3) is 0 Å². The maximum absolute atomic E-state index is 4.07. The number of hydrogen-bond donors (Lipinski definition) is 0. The van der Waals surface area contributed by atoms with Crippen molar-refractivity contribution in [2.75, 3.05) is 0 Å². The average molecular weight is 446 g/mol. The maximum Gasteiger partial charge on any atom is 0.0300 e. The highest BCUT2D eigenvalue weighted by Crippen LogP contribution is 2.21. The SMILES string of the molecule is CC(C)(C)Cc1ccccc1.CC(C)(C)Cc1ccccc1.CC(C)(C)Cc1cccnc1. The fourth-order valence-electron chi connectivity index (χ4n) is 3.53. The predicted molar refractivity (Wildman–Crippen MR) is 147 cm³/mol. The van der Waals surface area contributed by atoms with Gasteiger partial charge in [0.1, 0.15) is 0 Å². The molecule has 0 aliphatic rings. The largest absolute Gasteiger partial charge is 0.264 e. The summed E-state index contributed by atoms with van der Waals surface area (Å²) < 4.78 is 0. The normalized spacial score (nSPS) is 11.5. The van der Waals surface area contributed by atoms with Gasteiger partial charge in [0.05, 0.1) is 0 Å². The Kier molecular flexibility index (Phi) is 11.6. The number of aromatic nitrogens is 1. The minimum atomic E-state index is 0.364. The number of rotatable bonds is 3. The van der Waals surface area contributed by atoms with E-state index in [4.69, 9.17) is 0 Å². The third-order valence-electron chi connectivity index (χ3n) is 4.61. The molecule has 0 saturated heterocycles. The van der Waals surface area contributed by atoms with E-state index in [9.17, 15) is 0 Å². The summed E-state index contributed by atoms with van der Waals surface area (Å²) in [6.45, 7) is 20.3. The molecule has 1 aromatic heterocycles. The third-order valence-corrected chi connectivity index (χ3v) is 4.61. The number of pyridine rings is 1. The van der Waals surface area contributed by atoms with E-state index in [1.165, 1.54) is 16.7 Å². The Morgan fingerprint density at radius 1 is 0.455 bits per heavy atom. The van der Waals surface area contributed by atoms with E-state index >= 15 is 0 Å². The molecule has 1 heterocycles. The summed E-state index contributed by atoms with van der Waals surface area (Å²) in [6.07, 6.45) is 7.17. The summed E-state index contributed by atoms with van der Waals surface area (Å²) in [5.74, 6) is 0. The quantitative estimate of drug-likeness (QED) is 0.391. The van der Waals surface area contributed by atoms with Gasteiger partial charge in [-0.1, -0.05) is 129 Å². The molecular formula is C32H47N. The Morgan fingerprint density at radius 3 is 1.09 bits per heavy atom. The molecule has 33 heavy (non-hydrogen) atoms. The molecule has 0 atom stereocenters. The highest BCUT2D eigenvalue weighted by atomic mass is 14.6. The van der Waals surface area contributed by atoms with Crippen molar-refractivity contribution in [2.24, 2.45) is 16.2 Å². The van der Waals surface area contributed by atoms with Crippen LogP contribution in [0.5, 0.6) is 0 Å². The van der Waals surface area contributed by atoms with Crippen LogP contribution in [0.4, 0.5) is 0 Å². The van der Waals surface area contributed by atoms with Gasteiger partial charge in [0, 0.05) is 12.4 Å². The topological polar surface area (TPSA) is 12.9 Å². The summed E-state index contributed by atoms with van der Waals surface area (Å²) >= 11 is 0. The summed E-state index contributed by atoms with van der Waals surface area (Å²) in [4.78, 5) is 4.07. The van der Waals surface area contributed by atoms with E-state index in [0.29, 0.717) is 16.2 Å². The third kappa shape index (κ3) is 16.8. The van der Waals surface area contributed by atoms with E-state index in [-0.39, 0.29) is 0 Å². The van der Waals surface area contributed by atoms with Crippen LogP contribution in [0, 0.1) is 16.2 Å². The molecule has 1 nitrogen and oxygen atoms in total. The predicted octanol–water partition coefficient (Wildman–Crippen LogP) is 9.22. The van der Waals surface area contributed by atoms with Crippen molar-refractivity contribution in [2.45, 2.75) is 81.6 Å². The lowest BCUT2D eigenvalue weighted by molar-refractivity contribution is 0.410. The maximum atomic E-state index is 4.07. The van der Waals surface area contributed by atoms with Crippen LogP contribution in [-0.4, -0.2) is 4.98 Å². The first kappa shape index (κ1) is 28.6. The molecule has 0 aliphatic carbocycles. The minimum Gasteiger partial charge on any atom is -0.264 e. The monoisotopic (exact) mass is 445 g/mol. The van der Waals surface area contributed by atoms with Crippen LogP contribution in [0.1, 0.15) is 79.0 Å². The van der Waals surface area contributed by atoms with E-state index in [2.05, 4.69) is 134 Å². The second-order valence-corrected chi connectivity index (χ2v) is 12.5. The van der Waals surface area contributed by atoms with E-state index in [1.54, 1.807) is 0 Å². The Bertz CT molecular complexity index is 739. The smallest absolute Gasteiger partial charge is 0.0300 e. The molecule has 0 unspecified atom stereocenters. The van der Waals surface area contributed by atoms with Crippen molar-refractivity contribution in [3.63, 3.8) is 0 Å². The fourth-order valence-corrected chi connectivity index (χ4v) is 3.53. The van der Waals surface area contributed by atoms with Gasteiger partial charge in [-0.2, -0.15) is 0 Å². The van der Waals surface area contributed by atoms with E-state index in [0.717, 1.165) is 19.3 Å². The van der Waals surface area contributed by atoms with Crippen LogP contribution in [-0.2, 0) is 19.3 Å². The highest BCUT2D eigenvalue weighted by molar-refractivity contribution is 5.16. The summed E-state index contributed by atoms with van der Waals surface area (Å²) in [5, 5.41) is 0. The average Bonchev–Trinajstić information content (AvgIpc) is 2.67. The number of hydrogen-bond acceptors (Lipinski definition) is 1. The Balaban J connectivity index is 0.000000247. The van der Waals surface area contributed by atoms with Crippen molar-refractivity contribution in [3.8, 4) is 0 Å². The van der Waals surface area contributed by atoms with Crippen molar-refractivity contribution in [1.29, 1.82) is 0 Å². The first-order valence-corrected chi connectivity index (χ1v) is 12.2. The zero-order valence-electron chi connectivity index (χ0n) is 22.7. The molecule has 0 bridgehead atoms. The molecule has 3 aromatic rings. The van der Waals surface area contributed by atoms with Crippen LogP contribution in [0.15, 0.2) is 85.2 Å². The van der Waals surface area contributed by atoms with Gasteiger partial charge < -0.3 is 0 Å². The fraction of sp³-hybridized carbons (Fsp3) is 0.469. The van der Waals surface area contributed by atoms with Crippen LogP contribution < -0.4 is 0 Å². The van der Waals surface area contributed by atoms with Gasteiger partial charge in [-0.3, -0.25) is 4.98 Å². The molecule has 0 fully saturated rings. The van der Waals surface area contributed by atoms with Gasteiger partial charge in [-0.25, -0.2) is 0 Å². The Hall–Kier alpha value is -2.41. The van der Waals surface area contributed by atoms with E-state index in [1.807, 2.05) is 18.5 Å². The van der Waals surface area contributed by atoms with E-state index < -0.39 is 0 Å². The van der Waals surface area contributed by atoms with Crippen molar-refractivity contribution >= 4 is 0 Å². The highest BCUT2D eigenvalue weighted by Gasteiger charge is 2.11. The van der Waals surface area contributed by atoms with Crippen molar-refractivity contribution in [3.05, 3.63) is 102 Å². The van der Waals surface area contributed by atoms with Gasteiger partial charge in [0.2, 0.25) is 0 Å². The molecule has 180 valence electrons. The molecule has 1 heteroatoms. The lowest BCUT2D eigenvalue weighted by Crippen LogP contribution is -2.08. The summed E-state index contributed by atoms with van der Waals surface area (Å²) in [7, 11) is 0. The standard InChI is InChI=1S/2C11H16.C10H15N/c2*1-11(2,3)9-10-7-5-4-6-8-10;1-10(2,3)7-9-5-4-6-11-8-9/h2*4-8H,9H2,1-3H3;4-6,8H,7H2,1-3H3. The van der Waals surface area contributed by atoms with Gasteiger partial charge in [-0.05, 0) is 58.3 Å². The zero-order valence-corrected chi connectivity index (χ0v) is 22.7. The lowest BCUT2D eigenvalue weighted by Gasteiger charge is -2.17. The van der Waals surface area contributed by atoms with Gasteiger partial charge >= 0.3 is 0 Å². The zero-order chi connectivity index (χ0) is 25.0. The van der Waals surface area contributed by atoms with Crippen LogP contribution in [0.3, 0.4) is 0 Å². The minimum absolute atomic E-state index is 0.364. The molecule has 3 rings (SSSR count). The number of nitrogens with zero attached hydrogens (tertiary/aromatic N) is 1. The molecule has 0 saturated carbocycles. The van der Waals surface area contributed by atoms with Crippen LogP contribution in [0.2, 0.25) is 0 Å². The summed E-state index contributed by atoms with van der Waals surface area (Å²) in [5.41, 5.74) is 5.35. The van der Waals surface area contributed by atoms with Gasteiger partial charge in [0.15, 0.2) is 0 Å². The van der Waals surface area contributed by atoms with Crippen molar-refractivity contribution in [1.82, 2.24) is 4.98 Å². The molecule has 0 radical (unpaired) electrons. The second kappa shape index (κ2) is 13.3. The first-order chi connectivity index (χ1) is 15.2. The first-order valence-electron chi connectivity index (χ1n) is 12.2. The molecule has 0 N–H and O–H groups in total. The van der Waals surface area contributed by atoms with Gasteiger partial charge in [-0.15, -0.1) is 0 Å². The van der Waals surface area contributed by atoms with Crippen molar-refractivity contribution < 1.29 is 0 Å².